The molecule has 0 bridgehead atoms. The Bertz CT molecular complexity index is 872. The van der Waals surface area contributed by atoms with Gasteiger partial charge in [-0.25, -0.2) is 26.6 Å². The molecule has 1 aromatic carbocycles. The molecule has 3 rings (SSSR count). The van der Waals surface area contributed by atoms with E-state index in [4.69, 9.17) is 0 Å². The Morgan fingerprint density at radius 3 is 2.44 bits per heavy atom. The molecule has 2 aromatic rings. The zero-order valence-corrected chi connectivity index (χ0v) is 14.5. The van der Waals surface area contributed by atoms with Gasteiger partial charge in [0, 0.05) is 23.4 Å². The molecule has 25 heavy (non-hydrogen) atoms. The van der Waals surface area contributed by atoms with Gasteiger partial charge in [0.25, 0.3) is 6.43 Å². The average Bonchev–Trinajstić information content (AvgIpc) is 3.00. The van der Waals surface area contributed by atoms with Gasteiger partial charge in [0.05, 0.1) is 5.69 Å². The second-order valence-corrected chi connectivity index (χ2v) is 8.42. The maximum Gasteiger partial charge on any atom is 0.295 e. The average molecular weight is 372 g/mol. The van der Waals surface area contributed by atoms with Gasteiger partial charge in [-0.15, -0.1) is 0 Å². The van der Waals surface area contributed by atoms with E-state index in [0.29, 0.717) is 11.3 Å². The molecule has 1 aliphatic rings. The lowest BCUT2D eigenvalue weighted by Crippen LogP contribution is -2.07. The molecule has 8 heteroatoms. The van der Waals surface area contributed by atoms with Gasteiger partial charge in [0.2, 0.25) is 0 Å². The van der Waals surface area contributed by atoms with Crippen molar-refractivity contribution in [2.75, 3.05) is 6.26 Å². The summed E-state index contributed by atoms with van der Waals surface area (Å²) in [6.45, 7) is 0. The van der Waals surface area contributed by atoms with E-state index in [9.17, 15) is 21.6 Å². The third-order valence-corrected chi connectivity index (χ3v) is 5.71. The molecular weight excluding hydrogens is 353 g/mol. The van der Waals surface area contributed by atoms with Crippen molar-refractivity contribution in [1.29, 1.82) is 0 Å². The minimum absolute atomic E-state index is 0.0707. The van der Waals surface area contributed by atoms with Crippen LogP contribution in [0.2, 0.25) is 0 Å². The number of rotatable bonds is 4. The van der Waals surface area contributed by atoms with Crippen molar-refractivity contribution in [3.63, 3.8) is 0 Å². The number of sulfone groups is 1. The van der Waals surface area contributed by atoms with Crippen LogP contribution in [0.1, 0.15) is 56.0 Å². The lowest BCUT2D eigenvalue weighted by molar-refractivity contribution is 0.141. The van der Waals surface area contributed by atoms with Crippen molar-refractivity contribution in [2.24, 2.45) is 0 Å². The third-order valence-electron chi connectivity index (χ3n) is 4.58. The molecule has 0 amide bonds. The van der Waals surface area contributed by atoms with Crippen LogP contribution in [0.15, 0.2) is 23.1 Å². The van der Waals surface area contributed by atoms with Crippen molar-refractivity contribution < 1.29 is 21.6 Å². The summed E-state index contributed by atoms with van der Waals surface area (Å²) < 4.78 is 63.5. The molecule has 0 radical (unpaired) electrons. The Morgan fingerprint density at radius 2 is 1.88 bits per heavy atom. The number of nitrogens with zero attached hydrogens (tertiary/aromatic N) is 1. The number of alkyl halides is 2. The zero-order valence-electron chi connectivity index (χ0n) is 13.7. The largest absolute Gasteiger partial charge is 0.340 e. The lowest BCUT2D eigenvalue weighted by Gasteiger charge is -2.21. The summed E-state index contributed by atoms with van der Waals surface area (Å²) in [5.41, 5.74) is 1.16. The SMILES string of the molecule is CS(=O)(=O)c1ccc(-c2nc(C(F)F)[nH]c2C2CCCCC2)cc1F. The summed E-state index contributed by atoms with van der Waals surface area (Å²) in [5.74, 6) is -1.28. The first-order valence-electron chi connectivity index (χ1n) is 8.15. The highest BCUT2D eigenvalue weighted by Crippen LogP contribution is 2.38. The Kier molecular flexibility index (Phi) is 4.90. The first-order chi connectivity index (χ1) is 11.8. The number of imidazole rings is 1. The fraction of sp³-hybridized carbons (Fsp3) is 0.471. The maximum atomic E-state index is 14.2. The number of hydrogen-bond donors (Lipinski definition) is 1. The van der Waals surface area contributed by atoms with E-state index < -0.39 is 32.8 Å². The number of benzene rings is 1. The lowest BCUT2D eigenvalue weighted by atomic mass is 9.85. The number of H-pyrrole nitrogens is 1. The molecule has 1 N–H and O–H groups in total. The van der Waals surface area contributed by atoms with Crippen LogP contribution in [0.25, 0.3) is 11.3 Å². The first-order valence-corrected chi connectivity index (χ1v) is 10.0. The van der Waals surface area contributed by atoms with E-state index in [1.165, 1.54) is 6.07 Å². The highest BCUT2D eigenvalue weighted by atomic mass is 32.2. The van der Waals surface area contributed by atoms with Gasteiger partial charge in [-0.1, -0.05) is 25.3 Å². The van der Waals surface area contributed by atoms with Crippen LogP contribution in [0.4, 0.5) is 13.2 Å². The summed E-state index contributed by atoms with van der Waals surface area (Å²) in [6.07, 6.45) is 3.02. The quantitative estimate of drug-likeness (QED) is 0.853. The van der Waals surface area contributed by atoms with Crippen molar-refractivity contribution in [1.82, 2.24) is 9.97 Å². The molecule has 1 heterocycles. The van der Waals surface area contributed by atoms with Crippen molar-refractivity contribution in [2.45, 2.75) is 49.3 Å². The highest BCUT2D eigenvalue weighted by molar-refractivity contribution is 7.90. The highest BCUT2D eigenvalue weighted by Gasteiger charge is 2.26. The standard InChI is InChI=1S/C17H19F3N2O2S/c1-25(23,24)13-8-7-11(9-12(13)18)15-14(10-5-3-2-4-6-10)21-17(22-15)16(19)20/h7-10,16H,2-6H2,1H3,(H,21,22). The second kappa shape index (κ2) is 6.82. The van der Waals surface area contributed by atoms with Gasteiger partial charge in [-0.2, -0.15) is 0 Å². The number of nitrogens with one attached hydrogen (secondary N) is 1. The van der Waals surface area contributed by atoms with Gasteiger partial charge < -0.3 is 4.98 Å². The fourth-order valence-electron chi connectivity index (χ4n) is 3.36. The monoisotopic (exact) mass is 372 g/mol. The van der Waals surface area contributed by atoms with Gasteiger partial charge >= 0.3 is 0 Å². The van der Waals surface area contributed by atoms with Crippen molar-refractivity contribution in [3.8, 4) is 11.3 Å². The summed E-state index contributed by atoms with van der Waals surface area (Å²) in [5, 5.41) is 0. The molecule has 0 unspecified atom stereocenters. The van der Waals surface area contributed by atoms with Crippen molar-refractivity contribution in [3.05, 3.63) is 35.5 Å². The predicted octanol–water partition coefficient (Wildman–Crippen LogP) is 4.60. The van der Waals surface area contributed by atoms with Crippen LogP contribution in [0, 0.1) is 5.82 Å². The molecule has 0 aliphatic heterocycles. The molecule has 1 fully saturated rings. The van der Waals surface area contributed by atoms with Gasteiger partial charge in [-0.05, 0) is 25.0 Å². The van der Waals surface area contributed by atoms with E-state index in [2.05, 4.69) is 9.97 Å². The minimum atomic E-state index is -3.69. The van der Waals surface area contributed by atoms with Crippen LogP contribution >= 0.6 is 0 Å². The molecule has 4 nitrogen and oxygen atoms in total. The van der Waals surface area contributed by atoms with Crippen LogP contribution in [0.5, 0.6) is 0 Å². The number of aromatic amines is 1. The van der Waals surface area contributed by atoms with Gasteiger partial charge in [0.1, 0.15) is 10.7 Å². The van der Waals surface area contributed by atoms with Crippen LogP contribution in [0.3, 0.4) is 0 Å². The first kappa shape index (κ1) is 18.0. The number of aromatic nitrogens is 2. The molecule has 136 valence electrons. The maximum absolute atomic E-state index is 14.2. The smallest absolute Gasteiger partial charge is 0.295 e. The molecule has 1 aliphatic carbocycles. The summed E-state index contributed by atoms with van der Waals surface area (Å²) in [7, 11) is -3.69. The number of halogens is 3. The van der Waals surface area contributed by atoms with Gasteiger partial charge in [0.15, 0.2) is 15.7 Å². The molecular formula is C17H19F3N2O2S. The summed E-state index contributed by atoms with van der Waals surface area (Å²) in [6, 6.07) is 3.62. The zero-order chi connectivity index (χ0) is 18.2. The summed E-state index contributed by atoms with van der Waals surface area (Å²) in [4.78, 5) is 6.26. The van der Waals surface area contributed by atoms with E-state index in [-0.39, 0.29) is 11.6 Å². The third kappa shape index (κ3) is 3.73. The van der Waals surface area contributed by atoms with Crippen LogP contribution in [-0.2, 0) is 9.84 Å². The van der Waals surface area contributed by atoms with Crippen LogP contribution in [-0.4, -0.2) is 24.6 Å². The van der Waals surface area contributed by atoms with E-state index in [0.717, 1.165) is 50.5 Å². The molecule has 0 saturated heterocycles. The Labute approximate surface area is 144 Å². The van der Waals surface area contributed by atoms with Crippen molar-refractivity contribution >= 4 is 9.84 Å². The Hall–Kier alpha value is -1.83. The number of hydrogen-bond acceptors (Lipinski definition) is 3. The molecule has 0 atom stereocenters. The van der Waals surface area contributed by atoms with Gasteiger partial charge in [-0.3, -0.25) is 0 Å². The predicted molar refractivity (Wildman–Crippen MR) is 87.9 cm³/mol. The topological polar surface area (TPSA) is 62.8 Å². The Morgan fingerprint density at radius 1 is 1.20 bits per heavy atom. The fourth-order valence-corrected chi connectivity index (χ4v) is 4.09. The van der Waals surface area contributed by atoms with E-state index in [1.807, 2.05) is 0 Å². The van der Waals surface area contributed by atoms with E-state index >= 15 is 0 Å². The summed E-state index contributed by atoms with van der Waals surface area (Å²) >= 11 is 0. The van der Waals surface area contributed by atoms with Crippen LogP contribution < -0.4 is 0 Å². The Balaban J connectivity index is 2.08. The van der Waals surface area contributed by atoms with E-state index in [1.54, 1.807) is 0 Å². The molecule has 1 saturated carbocycles. The second-order valence-electron chi connectivity index (χ2n) is 6.44. The molecule has 0 spiro atoms. The normalized spacial score (nSPS) is 16.5. The minimum Gasteiger partial charge on any atom is -0.340 e. The molecule has 1 aromatic heterocycles.